The van der Waals surface area contributed by atoms with Crippen LogP contribution in [0, 0.1) is 6.42 Å². The van der Waals surface area contributed by atoms with E-state index in [-0.39, 0.29) is 6.10 Å². The van der Waals surface area contributed by atoms with E-state index in [1.807, 2.05) is 0 Å². The van der Waals surface area contributed by atoms with Gasteiger partial charge in [0.1, 0.15) is 0 Å². The van der Waals surface area contributed by atoms with Gasteiger partial charge in [0.05, 0.1) is 6.10 Å². The minimum absolute atomic E-state index is 0.157. The van der Waals surface area contributed by atoms with Crippen LogP contribution in [0.15, 0.2) is 0 Å². The number of hydrogen-bond donors (Lipinski definition) is 1. The highest BCUT2D eigenvalue weighted by molar-refractivity contribution is 4.75. The van der Waals surface area contributed by atoms with E-state index in [9.17, 15) is 5.11 Å². The number of aliphatic hydroxyl groups is 1. The maximum Gasteiger partial charge on any atom is 0.0572 e. The first-order valence-corrected chi connectivity index (χ1v) is 15.8. The number of aliphatic hydroxyl groups excluding tert-OH is 1. The lowest BCUT2D eigenvalue weighted by molar-refractivity contribution is 0.187. The van der Waals surface area contributed by atoms with Gasteiger partial charge >= 0.3 is 0 Å². The van der Waals surface area contributed by atoms with Crippen molar-refractivity contribution in [3.63, 3.8) is 0 Å². The quantitative estimate of drug-likeness (QED) is 0.109. The van der Waals surface area contributed by atoms with Crippen molar-refractivity contribution in [1.29, 1.82) is 0 Å². The summed E-state index contributed by atoms with van der Waals surface area (Å²) in [6.45, 7) is 4.58. The molecular weight excluding hydrogens is 400 g/mol. The smallest absolute Gasteiger partial charge is 0.0572 e. The van der Waals surface area contributed by atoms with Crippen LogP contribution in [0.2, 0.25) is 0 Å². The van der Waals surface area contributed by atoms with Crippen molar-refractivity contribution in [3.8, 4) is 0 Å². The Hall–Kier alpha value is -0.0400. The molecule has 0 rings (SSSR count). The van der Waals surface area contributed by atoms with Crippen LogP contribution in [0.1, 0.15) is 194 Å². The molecule has 0 aromatic rings. The molecule has 0 heterocycles. The van der Waals surface area contributed by atoms with Crippen molar-refractivity contribution < 1.29 is 5.11 Å². The molecule has 1 heteroatoms. The first kappa shape index (κ1) is 33.0. The molecule has 0 spiro atoms. The molecule has 33 heavy (non-hydrogen) atoms. The van der Waals surface area contributed by atoms with Gasteiger partial charge in [0.25, 0.3) is 0 Å². The average Bonchev–Trinajstić information content (AvgIpc) is 2.82. The fraction of sp³-hybridized carbons (Fsp3) is 0.969. The molecule has 0 aromatic carbocycles. The molecule has 0 saturated carbocycles. The Morgan fingerprint density at radius 3 is 1.00 bits per heavy atom. The van der Waals surface area contributed by atoms with Crippen LogP contribution in [-0.2, 0) is 0 Å². The van der Waals surface area contributed by atoms with Crippen LogP contribution >= 0.6 is 0 Å². The fourth-order valence-electron chi connectivity index (χ4n) is 4.96. The summed E-state index contributed by atoms with van der Waals surface area (Å²) in [5.74, 6) is 0. The SMILES string of the molecule is CCCCCCCCCCCCCCC[CH]C(O)CCCCCCCCCCCCCCC. The van der Waals surface area contributed by atoms with Gasteiger partial charge in [-0.2, -0.15) is 0 Å². The normalized spacial score (nSPS) is 12.5. The monoisotopic (exact) mass is 466 g/mol. The summed E-state index contributed by atoms with van der Waals surface area (Å²) >= 11 is 0. The summed E-state index contributed by atoms with van der Waals surface area (Å²) in [7, 11) is 0. The van der Waals surface area contributed by atoms with Gasteiger partial charge in [0, 0.05) is 0 Å². The molecule has 0 fully saturated rings. The second-order valence-electron chi connectivity index (χ2n) is 10.9. The van der Waals surface area contributed by atoms with Crippen LogP contribution < -0.4 is 0 Å². The molecule has 0 saturated heterocycles. The predicted octanol–water partition coefficient (Wildman–Crippen LogP) is 11.5. The van der Waals surface area contributed by atoms with E-state index >= 15 is 0 Å². The van der Waals surface area contributed by atoms with Gasteiger partial charge in [-0.05, 0) is 19.3 Å². The van der Waals surface area contributed by atoms with Crippen LogP contribution in [0.3, 0.4) is 0 Å². The van der Waals surface area contributed by atoms with Gasteiger partial charge < -0.3 is 5.11 Å². The summed E-state index contributed by atoms with van der Waals surface area (Å²) in [6, 6.07) is 0. The van der Waals surface area contributed by atoms with Crippen molar-refractivity contribution >= 4 is 0 Å². The van der Waals surface area contributed by atoms with E-state index in [4.69, 9.17) is 0 Å². The lowest BCUT2D eigenvalue weighted by Crippen LogP contribution is -2.06. The zero-order valence-corrected chi connectivity index (χ0v) is 23.4. The third-order valence-electron chi connectivity index (χ3n) is 7.35. The highest BCUT2D eigenvalue weighted by Crippen LogP contribution is 2.16. The zero-order valence-electron chi connectivity index (χ0n) is 23.4. The lowest BCUT2D eigenvalue weighted by Gasteiger charge is -2.10. The molecule has 0 aliphatic carbocycles. The topological polar surface area (TPSA) is 20.2 Å². The molecule has 1 radical (unpaired) electrons. The molecule has 199 valence electrons. The second-order valence-corrected chi connectivity index (χ2v) is 10.9. The molecule has 0 aliphatic rings. The first-order chi connectivity index (χ1) is 16.3. The van der Waals surface area contributed by atoms with Gasteiger partial charge in [0.2, 0.25) is 0 Å². The third-order valence-corrected chi connectivity index (χ3v) is 7.35. The predicted molar refractivity (Wildman–Crippen MR) is 151 cm³/mol. The molecule has 1 N–H and O–H groups in total. The van der Waals surface area contributed by atoms with E-state index in [1.165, 1.54) is 167 Å². The van der Waals surface area contributed by atoms with E-state index < -0.39 is 0 Å². The average molecular weight is 466 g/mol. The van der Waals surface area contributed by atoms with Crippen LogP contribution in [0.25, 0.3) is 0 Å². The van der Waals surface area contributed by atoms with Gasteiger partial charge in [-0.1, -0.05) is 181 Å². The summed E-state index contributed by atoms with van der Waals surface area (Å²) in [6.07, 6.45) is 40.6. The van der Waals surface area contributed by atoms with Crippen molar-refractivity contribution in [3.05, 3.63) is 6.42 Å². The van der Waals surface area contributed by atoms with Crippen LogP contribution in [-0.4, -0.2) is 11.2 Å². The standard InChI is InChI=1S/C32H65O/c1-3-5-7-9-11-13-15-17-19-21-23-25-27-29-31-32(33)30-28-26-24-22-20-18-16-14-12-10-8-6-4-2/h31-33H,3-30H2,1-2H3. The van der Waals surface area contributed by atoms with Gasteiger partial charge in [-0.15, -0.1) is 0 Å². The largest absolute Gasteiger partial charge is 0.393 e. The summed E-state index contributed by atoms with van der Waals surface area (Å²) in [4.78, 5) is 0. The molecular formula is C32H65O. The maximum absolute atomic E-state index is 10.2. The Kier molecular flexibility index (Phi) is 30.0. The minimum Gasteiger partial charge on any atom is -0.393 e. The lowest BCUT2D eigenvalue weighted by atomic mass is 10.0. The molecule has 1 nitrogen and oxygen atoms in total. The molecule has 0 aliphatic heterocycles. The summed E-state index contributed by atoms with van der Waals surface area (Å²) in [5, 5.41) is 10.2. The Morgan fingerprint density at radius 1 is 0.394 bits per heavy atom. The number of unbranched alkanes of at least 4 members (excludes halogenated alkanes) is 25. The van der Waals surface area contributed by atoms with Crippen molar-refractivity contribution in [1.82, 2.24) is 0 Å². The zero-order chi connectivity index (χ0) is 24.1. The van der Waals surface area contributed by atoms with Crippen LogP contribution in [0.5, 0.6) is 0 Å². The van der Waals surface area contributed by atoms with Crippen LogP contribution in [0.4, 0.5) is 0 Å². The van der Waals surface area contributed by atoms with E-state index in [0.29, 0.717) is 0 Å². The second kappa shape index (κ2) is 30.0. The summed E-state index contributed by atoms with van der Waals surface area (Å²) < 4.78 is 0. The Balaban J connectivity index is 3.13. The highest BCUT2D eigenvalue weighted by Gasteiger charge is 2.04. The van der Waals surface area contributed by atoms with E-state index in [2.05, 4.69) is 20.3 Å². The number of hydrogen-bond acceptors (Lipinski definition) is 1. The molecule has 1 atom stereocenters. The van der Waals surface area contributed by atoms with Gasteiger partial charge in [-0.25, -0.2) is 0 Å². The Morgan fingerprint density at radius 2 is 0.667 bits per heavy atom. The highest BCUT2D eigenvalue weighted by atomic mass is 16.3. The Labute approximate surface area is 211 Å². The molecule has 0 bridgehead atoms. The Bertz CT molecular complexity index is 326. The number of rotatable bonds is 29. The fourth-order valence-corrected chi connectivity index (χ4v) is 4.96. The van der Waals surface area contributed by atoms with Crippen molar-refractivity contribution in [2.45, 2.75) is 200 Å². The third kappa shape index (κ3) is 29.9. The minimum atomic E-state index is -0.157. The van der Waals surface area contributed by atoms with Crippen molar-refractivity contribution in [2.75, 3.05) is 0 Å². The molecule has 0 amide bonds. The summed E-state index contributed by atoms with van der Waals surface area (Å²) in [5.41, 5.74) is 0. The van der Waals surface area contributed by atoms with E-state index in [0.717, 1.165) is 12.8 Å². The van der Waals surface area contributed by atoms with Gasteiger partial charge in [0.15, 0.2) is 0 Å². The molecule has 0 aromatic heterocycles. The van der Waals surface area contributed by atoms with Gasteiger partial charge in [-0.3, -0.25) is 0 Å². The van der Waals surface area contributed by atoms with Crippen molar-refractivity contribution in [2.24, 2.45) is 0 Å². The maximum atomic E-state index is 10.2. The molecule has 1 unspecified atom stereocenters. The first-order valence-electron chi connectivity index (χ1n) is 15.8. The van der Waals surface area contributed by atoms with E-state index in [1.54, 1.807) is 0 Å².